The summed E-state index contributed by atoms with van der Waals surface area (Å²) >= 11 is 3.98. The van der Waals surface area contributed by atoms with Crippen LogP contribution in [0.4, 0.5) is 103 Å². The predicted octanol–water partition coefficient (Wildman–Crippen LogP) is 24.2. The van der Waals surface area contributed by atoms with E-state index in [1.807, 2.05) is 48.1 Å². The van der Waals surface area contributed by atoms with Crippen molar-refractivity contribution in [1.82, 2.24) is 9.97 Å². The van der Waals surface area contributed by atoms with Gasteiger partial charge in [0.2, 0.25) is 13.4 Å². The zero-order chi connectivity index (χ0) is 83.8. The summed E-state index contributed by atoms with van der Waals surface area (Å²) in [5.41, 5.74) is 41.5. The van der Waals surface area contributed by atoms with Crippen LogP contribution in [0.3, 0.4) is 0 Å². The van der Waals surface area contributed by atoms with E-state index in [1.165, 1.54) is 85.4 Å². The molecule has 10 heterocycles. The van der Waals surface area contributed by atoms with Crippen LogP contribution in [0.25, 0.3) is 44.5 Å². The summed E-state index contributed by atoms with van der Waals surface area (Å²) in [4.78, 5) is 31.3. The van der Waals surface area contributed by atoms with Crippen molar-refractivity contribution >= 4 is 195 Å². The van der Waals surface area contributed by atoms with E-state index in [0.29, 0.717) is 0 Å². The van der Waals surface area contributed by atoms with Crippen molar-refractivity contribution in [2.24, 2.45) is 0 Å². The zero-order valence-electron chi connectivity index (χ0n) is 71.1. The molecule has 8 nitrogen and oxygen atoms in total. The molecule has 2 aromatic heterocycles. The Balaban J connectivity index is 0.908. The third-order valence-corrected chi connectivity index (χ3v) is 29.7. The molecule has 0 atom stereocenters. The van der Waals surface area contributed by atoms with Crippen LogP contribution in [0.1, 0.15) is 79.0 Å². The van der Waals surface area contributed by atoms with Gasteiger partial charge in [-0.2, -0.15) is 0 Å². The number of aromatic nitrogens is 2. The molecular weight excluding hydrogens is 1550 g/mol. The fourth-order valence-corrected chi connectivity index (χ4v) is 24.3. The Morgan fingerprint density at radius 3 is 0.848 bits per heavy atom. The highest BCUT2D eigenvalue weighted by atomic mass is 32.2. The Morgan fingerprint density at radius 2 is 0.504 bits per heavy atom. The summed E-state index contributed by atoms with van der Waals surface area (Å²) in [7, 11) is 0. The molecule has 0 bridgehead atoms. The number of anilines is 18. The maximum Gasteiger partial charge on any atom is 0.255 e. The van der Waals surface area contributed by atoms with Crippen molar-refractivity contribution in [3.05, 3.63) is 369 Å². The minimum absolute atomic E-state index is 0.195. The summed E-state index contributed by atoms with van der Waals surface area (Å²) in [5.74, 6) is 1.74. The number of pyridine rings is 2. The molecule has 15 aromatic carbocycles. The van der Waals surface area contributed by atoms with Crippen molar-refractivity contribution in [1.29, 1.82) is 0 Å². The molecule has 0 amide bonds. The van der Waals surface area contributed by atoms with Crippen molar-refractivity contribution in [3.63, 3.8) is 0 Å². The SMILES string of the molecule is CC(C)(C)c1cc(-c2ccccc2)c(N2c3cc(C(C)(C)C)cc4c3B(c3c2cc2c5c3Sc3ccccc3B5c3cccc5c3N2c2ccccc2N5c2ccccn2)c2c(cc3c5c2Sc2ccccc2B5c2cccc5c2N3c2ccccc2N5c2ccccn2)N4c2c(-c3ccccc3)cc(C(C)(C)C)cc2-c2ccccc2)c(-c2ccccc2)c1. The monoisotopic (exact) mass is 1640 g/mol. The van der Waals surface area contributed by atoms with Crippen molar-refractivity contribution in [2.45, 2.75) is 98.1 Å². The second kappa shape index (κ2) is 27.4. The molecule has 0 unspecified atom stereocenters. The van der Waals surface area contributed by atoms with E-state index >= 15 is 0 Å². The van der Waals surface area contributed by atoms with Gasteiger partial charge in [-0.25, -0.2) is 9.97 Å². The van der Waals surface area contributed by atoms with E-state index < -0.39 is 12.1 Å². The van der Waals surface area contributed by atoms with Gasteiger partial charge in [-0.1, -0.05) is 315 Å². The molecule has 0 radical (unpaired) electrons. The molecule has 0 N–H and O–H groups in total. The first kappa shape index (κ1) is 74.0. The van der Waals surface area contributed by atoms with Gasteiger partial charge in [-0.15, -0.1) is 0 Å². The standard InChI is InChI=1S/C112H85B3N8S2/c1-110(2,3)72-60-75(68-36-14-10-15-37-68)104(76(61-72)69-38-16-11-17-39-69)122-89-64-74(112(7,8)9)65-90-99(89)115(102-93(122)66-91-100-108(102)124-95-54-28-22-44-79(95)113(100)81-46-34-52-87-106(81)120(91)85-50-26-24-48-83(85)118(87)97-56-30-32-58-116-97)103-94(123(90)105-77(70-40-18-12-19-41-70)62-73(111(4,5)6)63-78(105)71-42-20-13-21-43-71)67-92-101-109(103)125-96-55-29-23-45-80(96)114(101)82-47-35-53-88-107(82)121(92)86-51-27-25-49-84(86)119(88)98-57-31-33-59-117-98/h10-67H,1-9H3. The maximum atomic E-state index is 5.20. The van der Waals surface area contributed by atoms with Crippen LogP contribution in [0.2, 0.25) is 0 Å². The topological polar surface area (TPSA) is 45.2 Å². The smallest absolute Gasteiger partial charge is 0.255 e. The Morgan fingerprint density at radius 1 is 0.224 bits per heavy atom. The molecule has 0 saturated carbocycles. The van der Waals surface area contributed by atoms with Crippen LogP contribution in [0.15, 0.2) is 372 Å². The first-order valence-electron chi connectivity index (χ1n) is 43.8. The fourth-order valence-electron chi connectivity index (χ4n) is 21.6. The lowest BCUT2D eigenvalue weighted by atomic mass is 9.29. The highest BCUT2D eigenvalue weighted by Crippen LogP contribution is 2.63. The Kier molecular flexibility index (Phi) is 16.2. The summed E-state index contributed by atoms with van der Waals surface area (Å²) in [6.07, 6.45) is 3.87. The van der Waals surface area contributed by atoms with Crippen LogP contribution in [0, 0.1) is 0 Å². The average Bonchev–Trinajstić information content (AvgIpc) is 0.659. The van der Waals surface area contributed by atoms with Crippen molar-refractivity contribution in [2.75, 3.05) is 29.4 Å². The van der Waals surface area contributed by atoms with Gasteiger partial charge in [0.15, 0.2) is 0 Å². The molecule has 125 heavy (non-hydrogen) atoms. The summed E-state index contributed by atoms with van der Waals surface area (Å²) in [5, 5.41) is 0. The molecule has 0 fully saturated rings. The van der Waals surface area contributed by atoms with Gasteiger partial charge in [0.05, 0.1) is 56.9 Å². The third-order valence-electron chi connectivity index (χ3n) is 27.3. The quantitative estimate of drug-likeness (QED) is 0.138. The van der Waals surface area contributed by atoms with Gasteiger partial charge >= 0.3 is 0 Å². The number of hydrogen-bond acceptors (Lipinski definition) is 10. The molecular formula is C112H85B3N8S2. The molecule has 0 spiro atoms. The summed E-state index contributed by atoms with van der Waals surface area (Å²) in [6.45, 7) is 20.8. The number of fused-ring (bicyclic) bond motifs is 18. The second-order valence-electron chi connectivity index (χ2n) is 37.5. The number of para-hydroxylation sites is 6. The molecule has 13 heteroatoms. The Labute approximate surface area is 740 Å². The number of hydrogen-bond donors (Lipinski definition) is 0. The first-order valence-corrected chi connectivity index (χ1v) is 45.4. The van der Waals surface area contributed by atoms with Gasteiger partial charge in [0.1, 0.15) is 11.6 Å². The number of rotatable bonds is 8. The van der Waals surface area contributed by atoms with Crippen molar-refractivity contribution < 1.29 is 0 Å². The number of nitrogens with zero attached hydrogens (tertiary/aromatic N) is 8. The normalized spacial score (nSPS) is 14.2. The van der Waals surface area contributed by atoms with Gasteiger partial charge in [0.25, 0.3) is 6.71 Å². The number of benzene rings is 15. The maximum absolute atomic E-state index is 5.20. The van der Waals surface area contributed by atoms with Crippen LogP contribution in [-0.4, -0.2) is 30.1 Å². The largest absolute Gasteiger partial charge is 0.310 e. The molecule has 8 aliphatic rings. The predicted molar refractivity (Wildman–Crippen MR) is 530 cm³/mol. The lowest BCUT2D eigenvalue weighted by Crippen LogP contribution is -2.68. The lowest BCUT2D eigenvalue weighted by Gasteiger charge is -2.52. The van der Waals surface area contributed by atoms with E-state index in [4.69, 9.17) is 9.97 Å². The van der Waals surface area contributed by atoms with Crippen LogP contribution in [-0.2, 0) is 16.2 Å². The first-order chi connectivity index (χ1) is 61.0. The van der Waals surface area contributed by atoms with E-state index in [9.17, 15) is 0 Å². The molecule has 25 rings (SSSR count). The van der Waals surface area contributed by atoms with Gasteiger partial charge < -0.3 is 19.6 Å². The van der Waals surface area contributed by atoms with Crippen molar-refractivity contribution in [3.8, 4) is 44.5 Å². The molecule has 0 aliphatic carbocycles. The minimum atomic E-state index is -0.422. The van der Waals surface area contributed by atoms with E-state index in [2.05, 4.69) is 419 Å². The van der Waals surface area contributed by atoms with Crippen LogP contribution < -0.4 is 78.6 Å². The minimum Gasteiger partial charge on any atom is -0.310 e. The van der Waals surface area contributed by atoms with Gasteiger partial charge in [-0.3, -0.25) is 9.80 Å². The van der Waals surface area contributed by atoms with Gasteiger partial charge in [0, 0.05) is 88.4 Å². The third kappa shape index (κ3) is 10.9. The molecule has 0 saturated heterocycles. The highest BCUT2D eigenvalue weighted by molar-refractivity contribution is 8.00. The van der Waals surface area contributed by atoms with Crippen LogP contribution in [0.5, 0.6) is 0 Å². The lowest BCUT2D eigenvalue weighted by molar-refractivity contribution is 0.590. The molecule has 8 aliphatic heterocycles. The van der Waals surface area contributed by atoms with E-state index in [-0.39, 0.29) is 24.3 Å². The Hall–Kier alpha value is -13.7. The molecule has 594 valence electrons. The van der Waals surface area contributed by atoms with Gasteiger partial charge in [-0.05, 0) is 215 Å². The summed E-state index contributed by atoms with van der Waals surface area (Å²) in [6, 6.07) is 130. The highest BCUT2D eigenvalue weighted by Gasteiger charge is 2.56. The summed E-state index contributed by atoms with van der Waals surface area (Å²) < 4.78 is 0. The van der Waals surface area contributed by atoms with E-state index in [1.54, 1.807) is 0 Å². The average molecular weight is 1640 g/mol. The van der Waals surface area contributed by atoms with Crippen LogP contribution >= 0.6 is 23.5 Å². The molecule has 17 aromatic rings. The second-order valence-corrected chi connectivity index (χ2v) is 39.6. The fraction of sp³-hybridized carbons (Fsp3) is 0.107. The van der Waals surface area contributed by atoms with E-state index in [0.717, 1.165) is 147 Å². The Bertz CT molecular complexity index is 6870. The zero-order valence-corrected chi connectivity index (χ0v) is 72.7.